The number of hydrogen-bond acceptors (Lipinski definition) is 11. The number of aliphatic hydroxyl groups excluding tert-OH is 3. The lowest BCUT2D eigenvalue weighted by Crippen LogP contribution is -2.60. The number of carbonyl (C=O) groups is 1. The van der Waals surface area contributed by atoms with Crippen LogP contribution in [0.3, 0.4) is 0 Å². The summed E-state index contributed by atoms with van der Waals surface area (Å²) in [7, 11) is -5.07. The lowest BCUT2D eigenvalue weighted by molar-refractivity contribution is -0.301. The van der Waals surface area contributed by atoms with Crippen LogP contribution < -0.4 is 0 Å². The van der Waals surface area contributed by atoms with Crippen molar-refractivity contribution >= 4 is 16.4 Å². The van der Waals surface area contributed by atoms with E-state index in [2.05, 4.69) is 115 Å². The van der Waals surface area contributed by atoms with Gasteiger partial charge in [0.2, 0.25) is 0 Å². The molecule has 0 amide bonds. The van der Waals surface area contributed by atoms with Gasteiger partial charge in [-0.3, -0.25) is 9.35 Å². The van der Waals surface area contributed by atoms with Crippen LogP contribution in [0.5, 0.6) is 0 Å². The van der Waals surface area contributed by atoms with E-state index in [-0.39, 0.29) is 19.6 Å². The minimum Gasteiger partial charge on any atom is -0.457 e. The molecule has 0 bridgehead atoms. The van der Waals surface area contributed by atoms with Crippen molar-refractivity contribution < 1.29 is 56.2 Å². The second kappa shape index (κ2) is 47.1. The number of unbranched alkanes of at least 4 members (excludes halogenated alkanes) is 17. The highest BCUT2D eigenvalue weighted by atomic mass is 32.3. The maximum Gasteiger partial charge on any atom is 0.397 e. The maximum atomic E-state index is 12.9. The fraction of sp³-hybridized carbons (Fsp3) is 0.702. The van der Waals surface area contributed by atoms with Crippen LogP contribution in [0.15, 0.2) is 97.2 Å². The van der Waals surface area contributed by atoms with E-state index >= 15 is 0 Å². The van der Waals surface area contributed by atoms with Gasteiger partial charge in [0.05, 0.1) is 19.8 Å². The lowest BCUT2D eigenvalue weighted by Gasteiger charge is -2.41. The summed E-state index contributed by atoms with van der Waals surface area (Å²) < 4.78 is 59.3. The van der Waals surface area contributed by atoms with E-state index in [4.69, 9.17) is 18.9 Å². The zero-order valence-corrected chi connectivity index (χ0v) is 44.1. The molecule has 0 radical (unpaired) electrons. The molecule has 4 N–H and O–H groups in total. The number of esters is 1. The Morgan fingerprint density at radius 1 is 0.557 bits per heavy atom. The van der Waals surface area contributed by atoms with Gasteiger partial charge in [-0.2, -0.15) is 8.42 Å². The molecule has 0 aromatic heterocycles. The third-order valence-corrected chi connectivity index (χ3v) is 12.2. The minimum atomic E-state index is -5.07. The Hall–Kier alpha value is -2.98. The molecule has 0 saturated carbocycles. The largest absolute Gasteiger partial charge is 0.457 e. The number of allylic oxidation sites excluding steroid dienone is 16. The zero-order chi connectivity index (χ0) is 51.0. The molecule has 1 fully saturated rings. The Bertz CT molecular complexity index is 1580. The fourth-order valence-corrected chi connectivity index (χ4v) is 8.16. The summed E-state index contributed by atoms with van der Waals surface area (Å²) in [5.41, 5.74) is 0. The van der Waals surface area contributed by atoms with Crippen molar-refractivity contribution in [3.05, 3.63) is 97.2 Å². The SMILES string of the molecule is CC/C=C\C/C=C\C/C=C\C/C=C\C/C=C\C/C=C\CCCCCCCCC(=O)OC(COCCCCCCCCCC/C=C\C/C=C\CCCCC)COC1OC(CO)C(O)C(OS(=O)(=O)O)C1O. The Kier molecular flexibility index (Phi) is 43.7. The summed E-state index contributed by atoms with van der Waals surface area (Å²) in [6.07, 6.45) is 55.7. The summed E-state index contributed by atoms with van der Waals surface area (Å²) in [6.45, 7) is 3.82. The molecule has 402 valence electrons. The van der Waals surface area contributed by atoms with Crippen LogP contribution in [0.1, 0.15) is 194 Å². The highest BCUT2D eigenvalue weighted by Gasteiger charge is 2.48. The van der Waals surface area contributed by atoms with Crippen molar-refractivity contribution in [1.82, 2.24) is 0 Å². The molecular formula is C57H96O12S. The molecule has 1 saturated heterocycles. The van der Waals surface area contributed by atoms with Gasteiger partial charge < -0.3 is 34.3 Å². The zero-order valence-electron chi connectivity index (χ0n) is 43.3. The topological polar surface area (TPSA) is 178 Å². The first-order chi connectivity index (χ1) is 34.1. The smallest absolute Gasteiger partial charge is 0.397 e. The molecule has 1 aliphatic rings. The molecule has 1 heterocycles. The van der Waals surface area contributed by atoms with Crippen LogP contribution in [-0.4, -0.2) is 97.5 Å². The van der Waals surface area contributed by atoms with E-state index in [0.717, 1.165) is 109 Å². The van der Waals surface area contributed by atoms with Gasteiger partial charge in [0.25, 0.3) is 0 Å². The Morgan fingerprint density at radius 3 is 1.44 bits per heavy atom. The van der Waals surface area contributed by atoms with E-state index in [9.17, 15) is 33.1 Å². The molecule has 70 heavy (non-hydrogen) atoms. The molecule has 6 unspecified atom stereocenters. The average molecular weight is 1010 g/mol. The van der Waals surface area contributed by atoms with Gasteiger partial charge in [-0.15, -0.1) is 0 Å². The summed E-state index contributed by atoms with van der Waals surface area (Å²) in [5, 5.41) is 30.8. The number of hydrogen-bond donors (Lipinski definition) is 4. The van der Waals surface area contributed by atoms with E-state index in [0.29, 0.717) is 13.0 Å². The quantitative estimate of drug-likeness (QED) is 0.0197. The van der Waals surface area contributed by atoms with Crippen LogP contribution in [-0.2, 0) is 38.3 Å². The molecule has 0 aromatic carbocycles. The Balaban J connectivity index is 2.36. The summed E-state index contributed by atoms with van der Waals surface area (Å²) >= 11 is 0. The van der Waals surface area contributed by atoms with Gasteiger partial charge >= 0.3 is 16.4 Å². The molecule has 1 rings (SSSR count). The van der Waals surface area contributed by atoms with Crippen LogP contribution in [0.4, 0.5) is 0 Å². The number of carbonyl (C=O) groups excluding carboxylic acids is 1. The minimum absolute atomic E-state index is 0.0199. The molecule has 0 aliphatic carbocycles. The molecule has 1 aliphatic heterocycles. The van der Waals surface area contributed by atoms with E-state index in [1.807, 2.05) is 0 Å². The highest BCUT2D eigenvalue weighted by Crippen LogP contribution is 2.26. The molecule has 13 heteroatoms. The first-order valence-corrected chi connectivity index (χ1v) is 28.4. The van der Waals surface area contributed by atoms with Crippen LogP contribution in [0.25, 0.3) is 0 Å². The van der Waals surface area contributed by atoms with Crippen molar-refractivity contribution in [2.45, 2.75) is 230 Å². The van der Waals surface area contributed by atoms with Gasteiger partial charge in [-0.25, -0.2) is 4.18 Å². The fourth-order valence-electron chi connectivity index (χ4n) is 7.65. The van der Waals surface area contributed by atoms with Crippen molar-refractivity contribution in [2.24, 2.45) is 0 Å². The van der Waals surface area contributed by atoms with Crippen molar-refractivity contribution in [2.75, 3.05) is 26.4 Å². The number of aliphatic hydroxyl groups is 3. The molecule has 6 atom stereocenters. The van der Waals surface area contributed by atoms with Gasteiger partial charge in [-0.05, 0) is 96.3 Å². The second-order valence-corrected chi connectivity index (χ2v) is 19.1. The normalized spacial score (nSPS) is 19.9. The van der Waals surface area contributed by atoms with Crippen molar-refractivity contribution in [3.8, 4) is 0 Å². The molecule has 12 nitrogen and oxygen atoms in total. The van der Waals surface area contributed by atoms with Gasteiger partial charge in [0.1, 0.15) is 30.5 Å². The third kappa shape index (κ3) is 39.6. The summed E-state index contributed by atoms with van der Waals surface area (Å²) in [4.78, 5) is 12.9. The standard InChI is InChI=1S/C57H96O12S/c1-3-5-7-9-11-13-15-17-19-21-23-24-25-26-27-28-29-30-32-34-36-38-40-42-44-46-53(59)67-51(50-66-57-55(61)56(69-70(62,63)64)54(60)52(48-58)68-57)49-65-47-45-43-41-39-37-35-33-31-22-20-18-16-14-12-10-8-6-4-2/h5,7,11-14,17-20,23-24,26-27,29-30,51-52,54-58,60-61H,3-4,6,8-10,15-16,21-22,25,28,31-50H2,1-2H3,(H,62,63,64)/b7-5-,13-11-,14-12-,19-17-,20-18-,24-23-,27-26-,30-29-. The summed E-state index contributed by atoms with van der Waals surface area (Å²) in [6, 6.07) is 0. The average Bonchev–Trinajstić information content (AvgIpc) is 3.34. The van der Waals surface area contributed by atoms with Crippen molar-refractivity contribution in [3.63, 3.8) is 0 Å². The van der Waals surface area contributed by atoms with Crippen LogP contribution >= 0.6 is 0 Å². The second-order valence-electron chi connectivity index (χ2n) is 18.1. The van der Waals surface area contributed by atoms with Crippen LogP contribution in [0.2, 0.25) is 0 Å². The molecular weight excluding hydrogens is 909 g/mol. The van der Waals surface area contributed by atoms with Crippen LogP contribution in [0, 0.1) is 0 Å². The Labute approximate surface area is 425 Å². The lowest BCUT2D eigenvalue weighted by atomic mass is 9.99. The monoisotopic (exact) mass is 1000 g/mol. The van der Waals surface area contributed by atoms with E-state index < -0.39 is 59.8 Å². The molecule has 0 aromatic rings. The first-order valence-electron chi connectivity index (χ1n) is 27.0. The predicted molar refractivity (Wildman–Crippen MR) is 285 cm³/mol. The highest BCUT2D eigenvalue weighted by molar-refractivity contribution is 7.80. The van der Waals surface area contributed by atoms with Gasteiger partial charge in [0, 0.05) is 13.0 Å². The van der Waals surface area contributed by atoms with Gasteiger partial charge in [-0.1, -0.05) is 188 Å². The van der Waals surface area contributed by atoms with E-state index in [1.165, 1.54) is 57.8 Å². The Morgan fingerprint density at radius 2 is 0.986 bits per heavy atom. The number of rotatable bonds is 46. The molecule has 0 spiro atoms. The predicted octanol–water partition coefficient (Wildman–Crippen LogP) is 13.0. The third-order valence-electron chi connectivity index (χ3n) is 11.7. The number of ether oxygens (including phenoxy) is 4. The van der Waals surface area contributed by atoms with E-state index in [1.54, 1.807) is 0 Å². The van der Waals surface area contributed by atoms with Gasteiger partial charge in [0.15, 0.2) is 6.29 Å². The first kappa shape index (κ1) is 65.0. The maximum absolute atomic E-state index is 12.9. The van der Waals surface area contributed by atoms with Crippen molar-refractivity contribution in [1.29, 1.82) is 0 Å². The summed E-state index contributed by atoms with van der Waals surface area (Å²) in [5.74, 6) is -0.419.